The Bertz CT molecular complexity index is 641. The van der Waals surface area contributed by atoms with Gasteiger partial charge in [-0.2, -0.15) is 10.1 Å². The molecule has 3 atom stereocenters. The molecule has 2 aliphatic rings. The smallest absolute Gasteiger partial charge is 0.327 e. The van der Waals surface area contributed by atoms with Crippen molar-refractivity contribution in [2.75, 3.05) is 20.8 Å². The zero-order chi connectivity index (χ0) is 17.2. The number of para-hydroxylation sites is 1. The van der Waals surface area contributed by atoms with Gasteiger partial charge in [0.05, 0.1) is 13.7 Å². The summed E-state index contributed by atoms with van der Waals surface area (Å²) in [4.78, 5) is 13.8. The molecule has 0 spiro atoms. The van der Waals surface area contributed by atoms with Crippen molar-refractivity contribution in [1.29, 1.82) is 0 Å². The van der Waals surface area contributed by atoms with Crippen LogP contribution in [0.3, 0.4) is 0 Å². The Hall–Kier alpha value is -1.71. The first-order valence-electron chi connectivity index (χ1n) is 7.28. The molecule has 0 aromatic heterocycles. The fourth-order valence-corrected chi connectivity index (χ4v) is 2.46. The van der Waals surface area contributed by atoms with Crippen LogP contribution in [-0.4, -0.2) is 55.4 Å². The standard InChI is InChI=1S/C15H18ClN3O5/c1-15(20-2)22-9-11(24-15)12-17-13(16)19(21-3)14(18-12)23-10-7-5-4-6-8-10/h4-8,11,13H,9H2,1-3H3. The van der Waals surface area contributed by atoms with Crippen LogP contribution >= 0.6 is 11.6 Å². The van der Waals surface area contributed by atoms with Crippen molar-refractivity contribution < 1.29 is 23.8 Å². The van der Waals surface area contributed by atoms with E-state index in [0.717, 1.165) is 0 Å². The summed E-state index contributed by atoms with van der Waals surface area (Å²) in [7, 11) is 2.95. The van der Waals surface area contributed by atoms with E-state index in [0.29, 0.717) is 11.6 Å². The van der Waals surface area contributed by atoms with E-state index in [2.05, 4.69) is 9.98 Å². The lowest BCUT2D eigenvalue weighted by atomic mass is 10.3. The highest BCUT2D eigenvalue weighted by Crippen LogP contribution is 2.27. The van der Waals surface area contributed by atoms with Gasteiger partial charge >= 0.3 is 6.02 Å². The Labute approximate surface area is 144 Å². The number of amidine groups is 2. The van der Waals surface area contributed by atoms with E-state index in [1.165, 1.54) is 19.3 Å². The van der Waals surface area contributed by atoms with E-state index >= 15 is 0 Å². The van der Waals surface area contributed by atoms with E-state index in [1.807, 2.05) is 18.2 Å². The molecule has 0 saturated carbocycles. The third-order valence-electron chi connectivity index (χ3n) is 3.49. The molecule has 0 amide bonds. The number of aliphatic imine (C=N–C) groups is 2. The average molecular weight is 356 g/mol. The number of rotatable bonds is 4. The lowest BCUT2D eigenvalue weighted by Crippen LogP contribution is -2.44. The van der Waals surface area contributed by atoms with Gasteiger partial charge < -0.3 is 18.9 Å². The summed E-state index contributed by atoms with van der Waals surface area (Å²) >= 11 is 6.25. The van der Waals surface area contributed by atoms with Gasteiger partial charge in [-0.15, -0.1) is 0 Å². The predicted octanol–water partition coefficient (Wildman–Crippen LogP) is 1.95. The number of benzene rings is 1. The molecule has 24 heavy (non-hydrogen) atoms. The summed E-state index contributed by atoms with van der Waals surface area (Å²) in [6.45, 7) is 1.91. The lowest BCUT2D eigenvalue weighted by molar-refractivity contribution is -0.310. The molecule has 130 valence electrons. The van der Waals surface area contributed by atoms with Gasteiger partial charge in [-0.05, 0) is 12.1 Å². The van der Waals surface area contributed by atoms with Crippen molar-refractivity contribution in [3.63, 3.8) is 0 Å². The fourth-order valence-electron chi connectivity index (χ4n) is 2.20. The van der Waals surface area contributed by atoms with Crippen molar-refractivity contribution in [2.24, 2.45) is 9.98 Å². The number of hydrogen-bond acceptors (Lipinski definition) is 8. The second kappa shape index (κ2) is 7.04. The molecule has 0 aliphatic carbocycles. The van der Waals surface area contributed by atoms with Gasteiger partial charge in [0.15, 0.2) is 5.84 Å². The SMILES string of the molecule is CON1C(Oc2ccccc2)=NC(C2COC(C)(OC)O2)=NC1Cl. The Morgan fingerprint density at radius 2 is 2.04 bits per heavy atom. The topological polar surface area (TPSA) is 74.1 Å². The molecule has 9 heteroatoms. The van der Waals surface area contributed by atoms with E-state index < -0.39 is 17.7 Å². The molecule has 1 aromatic carbocycles. The van der Waals surface area contributed by atoms with Gasteiger partial charge in [0.1, 0.15) is 11.9 Å². The number of nitrogens with zero attached hydrogens (tertiary/aromatic N) is 3. The number of alkyl halides is 1. The van der Waals surface area contributed by atoms with Crippen LogP contribution in [0.2, 0.25) is 0 Å². The Kier molecular flexibility index (Phi) is 5.02. The molecule has 3 unspecified atom stereocenters. The minimum absolute atomic E-state index is 0.156. The van der Waals surface area contributed by atoms with Crippen LogP contribution in [-0.2, 0) is 19.0 Å². The number of hydroxylamine groups is 2. The first-order valence-corrected chi connectivity index (χ1v) is 7.72. The summed E-state index contributed by atoms with van der Waals surface area (Å²) in [6.07, 6.45) is -0.524. The van der Waals surface area contributed by atoms with Crippen LogP contribution in [0, 0.1) is 0 Å². The highest BCUT2D eigenvalue weighted by Gasteiger charge is 2.42. The molecule has 3 rings (SSSR count). The summed E-state index contributed by atoms with van der Waals surface area (Å²) in [5, 5.41) is 1.25. The monoisotopic (exact) mass is 355 g/mol. The zero-order valence-electron chi connectivity index (χ0n) is 13.5. The number of methoxy groups -OCH3 is 1. The van der Waals surface area contributed by atoms with Crippen LogP contribution in [0.5, 0.6) is 5.75 Å². The Morgan fingerprint density at radius 1 is 1.29 bits per heavy atom. The van der Waals surface area contributed by atoms with Crippen molar-refractivity contribution >= 4 is 23.5 Å². The quantitative estimate of drug-likeness (QED) is 0.607. The number of halogens is 1. The highest BCUT2D eigenvalue weighted by atomic mass is 35.5. The molecule has 2 heterocycles. The van der Waals surface area contributed by atoms with E-state index in [1.54, 1.807) is 19.1 Å². The summed E-state index contributed by atoms with van der Waals surface area (Å²) in [5.74, 6) is -0.202. The second-order valence-corrected chi connectivity index (χ2v) is 5.49. The third-order valence-corrected chi connectivity index (χ3v) is 3.77. The van der Waals surface area contributed by atoms with Crippen LogP contribution in [0.4, 0.5) is 0 Å². The second-order valence-electron chi connectivity index (χ2n) is 5.10. The number of ether oxygens (including phenoxy) is 4. The molecule has 2 aliphatic heterocycles. The van der Waals surface area contributed by atoms with Crippen molar-refractivity contribution in [3.8, 4) is 5.75 Å². The maximum Gasteiger partial charge on any atom is 0.327 e. The van der Waals surface area contributed by atoms with E-state index in [-0.39, 0.29) is 12.6 Å². The van der Waals surface area contributed by atoms with Crippen LogP contribution in [0.25, 0.3) is 0 Å². The Balaban J connectivity index is 1.82. The molecule has 8 nitrogen and oxygen atoms in total. The molecule has 0 bridgehead atoms. The molecule has 1 fully saturated rings. The van der Waals surface area contributed by atoms with Crippen LogP contribution in [0.15, 0.2) is 40.3 Å². The van der Waals surface area contributed by atoms with E-state index in [4.69, 9.17) is 35.4 Å². The molecule has 0 N–H and O–H groups in total. The minimum atomic E-state index is -1.14. The summed E-state index contributed by atoms with van der Waals surface area (Å²) in [5.41, 5.74) is -0.848. The summed E-state index contributed by atoms with van der Waals surface area (Å²) < 4.78 is 22.1. The van der Waals surface area contributed by atoms with Gasteiger partial charge in [-0.25, -0.2) is 4.99 Å². The van der Waals surface area contributed by atoms with Gasteiger partial charge in [0, 0.05) is 14.0 Å². The van der Waals surface area contributed by atoms with Gasteiger partial charge in [-0.3, -0.25) is 4.84 Å². The third kappa shape index (κ3) is 3.52. The molecular formula is C15H18ClN3O5. The van der Waals surface area contributed by atoms with Gasteiger partial charge in [0.25, 0.3) is 5.97 Å². The normalized spacial score (nSPS) is 30.1. The average Bonchev–Trinajstić information content (AvgIpc) is 2.99. The molecule has 1 aromatic rings. The molecule has 1 saturated heterocycles. The zero-order valence-corrected chi connectivity index (χ0v) is 14.3. The largest absolute Gasteiger partial charge is 0.424 e. The fraction of sp³-hybridized carbons (Fsp3) is 0.467. The van der Waals surface area contributed by atoms with Gasteiger partial charge in [0.2, 0.25) is 5.62 Å². The highest BCUT2D eigenvalue weighted by molar-refractivity contribution is 6.22. The molecular weight excluding hydrogens is 338 g/mol. The molecule has 0 radical (unpaired) electrons. The summed E-state index contributed by atoms with van der Waals surface area (Å²) in [6, 6.07) is 9.33. The first-order chi connectivity index (χ1) is 11.5. The van der Waals surface area contributed by atoms with Gasteiger partial charge in [-0.1, -0.05) is 29.8 Å². The maximum atomic E-state index is 6.25. The van der Waals surface area contributed by atoms with Crippen LogP contribution < -0.4 is 4.74 Å². The van der Waals surface area contributed by atoms with Crippen LogP contribution in [0.1, 0.15) is 6.92 Å². The Morgan fingerprint density at radius 3 is 2.67 bits per heavy atom. The van der Waals surface area contributed by atoms with Crippen molar-refractivity contribution in [3.05, 3.63) is 30.3 Å². The van der Waals surface area contributed by atoms with Crippen molar-refractivity contribution in [2.45, 2.75) is 24.6 Å². The van der Waals surface area contributed by atoms with Crippen molar-refractivity contribution in [1.82, 2.24) is 5.06 Å². The lowest BCUT2D eigenvalue weighted by Gasteiger charge is -2.29. The number of hydrogen-bond donors (Lipinski definition) is 0. The minimum Gasteiger partial charge on any atom is -0.424 e. The van der Waals surface area contributed by atoms with E-state index in [9.17, 15) is 0 Å². The maximum absolute atomic E-state index is 6.25. The first kappa shape index (κ1) is 17.1. The predicted molar refractivity (Wildman–Crippen MR) is 86.7 cm³/mol.